The summed E-state index contributed by atoms with van der Waals surface area (Å²) >= 11 is 1.42. The molecule has 1 unspecified atom stereocenters. The van der Waals surface area contributed by atoms with Crippen molar-refractivity contribution in [2.24, 2.45) is 0 Å². The molecule has 19 heavy (non-hydrogen) atoms. The summed E-state index contributed by atoms with van der Waals surface area (Å²) in [6, 6.07) is 1.28. The van der Waals surface area contributed by atoms with Crippen LogP contribution in [-0.4, -0.2) is 25.4 Å². The number of nitrogens with zero attached hydrogens (tertiary/aromatic N) is 1. The second-order valence-electron chi connectivity index (χ2n) is 4.10. The minimum absolute atomic E-state index is 0.293. The first-order valence-corrected chi connectivity index (χ1v) is 8.13. The van der Waals surface area contributed by atoms with E-state index in [4.69, 9.17) is 0 Å². The standard InChI is InChI=1S/C11H16N4O2S2/c1-8(11-13-3-4-14-11)15-19(16,17)10-5-9(6-12-2)18-7-10/h3-5,7-8,12,15H,6H2,1-2H3,(H,13,14). The van der Waals surface area contributed by atoms with E-state index in [1.54, 1.807) is 30.8 Å². The first-order chi connectivity index (χ1) is 9.03. The Morgan fingerprint density at radius 1 is 1.53 bits per heavy atom. The predicted molar refractivity (Wildman–Crippen MR) is 74.4 cm³/mol. The molecular formula is C11H16N4O2S2. The minimum atomic E-state index is -3.51. The van der Waals surface area contributed by atoms with Crippen molar-refractivity contribution in [3.8, 4) is 0 Å². The minimum Gasteiger partial charge on any atom is -0.347 e. The molecule has 0 radical (unpaired) electrons. The van der Waals surface area contributed by atoms with Gasteiger partial charge in [-0.2, -0.15) is 0 Å². The lowest BCUT2D eigenvalue weighted by Gasteiger charge is -2.10. The fraction of sp³-hybridized carbons (Fsp3) is 0.364. The zero-order valence-electron chi connectivity index (χ0n) is 10.7. The van der Waals surface area contributed by atoms with Crippen LogP contribution in [0.15, 0.2) is 28.7 Å². The molecule has 104 valence electrons. The van der Waals surface area contributed by atoms with E-state index in [0.717, 1.165) is 4.88 Å². The Hall–Kier alpha value is -1.22. The van der Waals surface area contributed by atoms with Crippen LogP contribution in [0.2, 0.25) is 0 Å². The summed E-state index contributed by atoms with van der Waals surface area (Å²) in [7, 11) is -1.69. The molecule has 8 heteroatoms. The maximum atomic E-state index is 12.2. The van der Waals surface area contributed by atoms with E-state index in [2.05, 4.69) is 20.0 Å². The van der Waals surface area contributed by atoms with E-state index in [1.165, 1.54) is 11.3 Å². The van der Waals surface area contributed by atoms with Gasteiger partial charge in [0.1, 0.15) is 5.82 Å². The van der Waals surface area contributed by atoms with Crippen molar-refractivity contribution in [1.82, 2.24) is 20.0 Å². The van der Waals surface area contributed by atoms with Crippen LogP contribution < -0.4 is 10.0 Å². The van der Waals surface area contributed by atoms with Gasteiger partial charge in [0.2, 0.25) is 10.0 Å². The highest BCUT2D eigenvalue weighted by molar-refractivity contribution is 7.89. The van der Waals surface area contributed by atoms with Gasteiger partial charge in [0.15, 0.2) is 0 Å². The third-order valence-corrected chi connectivity index (χ3v) is 5.16. The topological polar surface area (TPSA) is 86.9 Å². The summed E-state index contributed by atoms with van der Waals surface area (Å²) < 4.78 is 27.0. The Bertz CT molecular complexity index is 619. The van der Waals surface area contributed by atoms with Crippen molar-refractivity contribution in [1.29, 1.82) is 0 Å². The van der Waals surface area contributed by atoms with Crippen molar-refractivity contribution in [2.45, 2.75) is 24.4 Å². The van der Waals surface area contributed by atoms with Crippen molar-refractivity contribution in [2.75, 3.05) is 7.05 Å². The van der Waals surface area contributed by atoms with Crippen LogP contribution in [0.3, 0.4) is 0 Å². The zero-order valence-corrected chi connectivity index (χ0v) is 12.3. The fourth-order valence-electron chi connectivity index (χ4n) is 1.64. The lowest BCUT2D eigenvalue weighted by atomic mass is 10.3. The largest absolute Gasteiger partial charge is 0.347 e. The van der Waals surface area contributed by atoms with Crippen LogP contribution >= 0.6 is 11.3 Å². The molecule has 0 aliphatic carbocycles. The Labute approximate surface area is 116 Å². The number of rotatable bonds is 6. The van der Waals surface area contributed by atoms with Crippen LogP contribution in [0.1, 0.15) is 23.7 Å². The van der Waals surface area contributed by atoms with Crippen molar-refractivity contribution in [3.05, 3.63) is 34.5 Å². The lowest BCUT2D eigenvalue weighted by Crippen LogP contribution is -2.27. The van der Waals surface area contributed by atoms with Gasteiger partial charge in [-0.1, -0.05) is 0 Å². The first kappa shape index (κ1) is 14.2. The molecule has 0 saturated carbocycles. The average Bonchev–Trinajstić information content (AvgIpc) is 2.99. The van der Waals surface area contributed by atoms with Crippen molar-refractivity contribution < 1.29 is 8.42 Å². The SMILES string of the molecule is CNCc1cc(S(=O)(=O)NC(C)c2ncc[nH]2)cs1. The zero-order chi connectivity index (χ0) is 13.9. The molecule has 0 aliphatic rings. The normalized spacial score (nSPS) is 13.6. The average molecular weight is 300 g/mol. The van der Waals surface area contributed by atoms with E-state index >= 15 is 0 Å². The number of H-pyrrole nitrogens is 1. The first-order valence-electron chi connectivity index (χ1n) is 5.76. The molecule has 0 aromatic carbocycles. The molecule has 0 spiro atoms. The van der Waals surface area contributed by atoms with Crippen molar-refractivity contribution >= 4 is 21.4 Å². The van der Waals surface area contributed by atoms with Gasteiger partial charge in [0, 0.05) is 29.2 Å². The number of hydrogen-bond acceptors (Lipinski definition) is 5. The highest BCUT2D eigenvalue weighted by Gasteiger charge is 2.20. The van der Waals surface area contributed by atoms with Crippen LogP contribution in [0, 0.1) is 0 Å². The number of hydrogen-bond donors (Lipinski definition) is 3. The molecule has 0 bridgehead atoms. The van der Waals surface area contributed by atoms with Gasteiger partial charge >= 0.3 is 0 Å². The predicted octanol–water partition coefficient (Wildman–Crippen LogP) is 1.23. The Balaban J connectivity index is 2.13. The Morgan fingerprint density at radius 3 is 2.95 bits per heavy atom. The molecule has 2 aromatic rings. The second kappa shape index (κ2) is 5.83. The summed E-state index contributed by atoms with van der Waals surface area (Å²) in [4.78, 5) is 8.20. The van der Waals surface area contributed by atoms with E-state index in [-0.39, 0.29) is 0 Å². The quantitative estimate of drug-likeness (QED) is 0.749. The second-order valence-corrected chi connectivity index (χ2v) is 6.81. The maximum Gasteiger partial charge on any atom is 0.242 e. The number of imidazole rings is 1. The molecule has 0 amide bonds. The van der Waals surface area contributed by atoms with Gasteiger partial charge in [-0.15, -0.1) is 11.3 Å². The summed E-state index contributed by atoms with van der Waals surface area (Å²) in [5.41, 5.74) is 0. The van der Waals surface area contributed by atoms with E-state index in [9.17, 15) is 8.42 Å². The molecule has 1 atom stereocenters. The van der Waals surface area contributed by atoms with Gasteiger partial charge in [0.25, 0.3) is 0 Å². The molecule has 2 rings (SSSR count). The summed E-state index contributed by atoms with van der Waals surface area (Å²) in [5.74, 6) is 0.592. The van der Waals surface area contributed by atoms with Crippen molar-refractivity contribution in [3.63, 3.8) is 0 Å². The van der Waals surface area contributed by atoms with Crippen LogP contribution in [0.25, 0.3) is 0 Å². The Morgan fingerprint density at radius 2 is 2.32 bits per heavy atom. The molecule has 0 saturated heterocycles. The number of aromatic amines is 1. The highest BCUT2D eigenvalue weighted by atomic mass is 32.2. The number of sulfonamides is 1. The molecule has 0 aliphatic heterocycles. The monoisotopic (exact) mass is 300 g/mol. The summed E-state index contributed by atoms with van der Waals surface area (Å²) in [6.45, 7) is 2.41. The molecular weight excluding hydrogens is 284 g/mol. The van der Waals surface area contributed by atoms with Gasteiger partial charge in [0.05, 0.1) is 10.9 Å². The number of nitrogens with one attached hydrogen (secondary N) is 3. The number of thiophene rings is 1. The van der Waals surface area contributed by atoms with Crippen LogP contribution in [0.4, 0.5) is 0 Å². The van der Waals surface area contributed by atoms with Gasteiger partial charge in [-0.05, 0) is 20.0 Å². The van der Waals surface area contributed by atoms with E-state index < -0.39 is 16.1 Å². The molecule has 2 aromatic heterocycles. The van der Waals surface area contributed by atoms with E-state index in [1.807, 2.05) is 7.05 Å². The van der Waals surface area contributed by atoms with E-state index in [0.29, 0.717) is 17.3 Å². The fourth-order valence-corrected chi connectivity index (χ4v) is 4.13. The Kier molecular flexibility index (Phi) is 4.35. The van der Waals surface area contributed by atoms with Gasteiger partial charge < -0.3 is 10.3 Å². The smallest absolute Gasteiger partial charge is 0.242 e. The third-order valence-electron chi connectivity index (χ3n) is 2.55. The molecule has 2 heterocycles. The maximum absolute atomic E-state index is 12.2. The summed E-state index contributed by atoms with van der Waals surface area (Å²) in [6.07, 6.45) is 3.26. The van der Waals surface area contributed by atoms with Crippen LogP contribution in [0.5, 0.6) is 0 Å². The lowest BCUT2D eigenvalue weighted by molar-refractivity contribution is 0.561. The highest BCUT2D eigenvalue weighted by Crippen LogP contribution is 2.20. The molecule has 0 fully saturated rings. The van der Waals surface area contributed by atoms with Gasteiger partial charge in [-0.3, -0.25) is 0 Å². The number of aromatic nitrogens is 2. The molecule has 3 N–H and O–H groups in total. The summed E-state index contributed by atoms with van der Waals surface area (Å²) in [5, 5.41) is 4.63. The van der Waals surface area contributed by atoms with Crippen LogP contribution in [-0.2, 0) is 16.6 Å². The van der Waals surface area contributed by atoms with Gasteiger partial charge in [-0.25, -0.2) is 18.1 Å². The molecule has 6 nitrogen and oxygen atoms in total. The third kappa shape index (κ3) is 3.41.